The molecule has 1 aliphatic carbocycles. The number of Topliss-reactive ketones (excluding diaryl/α,β-unsaturated/α-hetero) is 1. The van der Waals surface area contributed by atoms with Crippen LogP contribution in [0.3, 0.4) is 0 Å². The van der Waals surface area contributed by atoms with Crippen molar-refractivity contribution in [3.05, 3.63) is 102 Å². The summed E-state index contributed by atoms with van der Waals surface area (Å²) in [6, 6.07) is 17.5. The number of hydrogen-bond donors (Lipinski definition) is 3. The highest BCUT2D eigenvalue weighted by molar-refractivity contribution is 6.24. The second-order valence-corrected chi connectivity index (χ2v) is 10.5. The van der Waals surface area contributed by atoms with Crippen molar-refractivity contribution in [3.63, 3.8) is 0 Å². The van der Waals surface area contributed by atoms with Gasteiger partial charge in [-0.15, -0.1) is 0 Å². The van der Waals surface area contributed by atoms with Gasteiger partial charge in [-0.3, -0.25) is 24.2 Å². The zero-order valence-electron chi connectivity index (χ0n) is 24.4. The van der Waals surface area contributed by atoms with Crippen molar-refractivity contribution in [2.75, 3.05) is 23.1 Å². The molecule has 2 amide bonds. The van der Waals surface area contributed by atoms with E-state index in [4.69, 9.17) is 4.74 Å². The minimum absolute atomic E-state index is 0.0472. The van der Waals surface area contributed by atoms with Crippen molar-refractivity contribution >= 4 is 46.6 Å². The molecule has 1 atom stereocenters. The maximum atomic E-state index is 13.2. The first-order valence-electron chi connectivity index (χ1n) is 13.8. The number of benzene rings is 2. The number of ether oxygens (including phenoxy) is 1. The number of rotatable bonds is 8. The fourth-order valence-electron chi connectivity index (χ4n) is 4.77. The van der Waals surface area contributed by atoms with E-state index in [1.54, 1.807) is 81.0 Å². The maximum Gasteiger partial charge on any atom is 0.315 e. The normalized spacial score (nSPS) is 16.0. The Hall–Kier alpha value is -5.71. The zero-order valence-corrected chi connectivity index (χ0v) is 24.4. The van der Waals surface area contributed by atoms with Gasteiger partial charge in [-0.2, -0.15) is 0 Å². The van der Waals surface area contributed by atoms with Crippen molar-refractivity contribution < 1.29 is 23.9 Å². The van der Waals surface area contributed by atoms with Crippen LogP contribution in [0.4, 0.5) is 23.0 Å². The van der Waals surface area contributed by atoms with Crippen molar-refractivity contribution in [2.45, 2.75) is 26.7 Å². The Balaban J connectivity index is 1.25. The molecule has 1 aliphatic rings. The Labute approximate surface area is 253 Å². The largest absolute Gasteiger partial charge is 0.468 e. The first kappa shape index (κ1) is 29.8. The average molecular weight is 591 g/mol. The van der Waals surface area contributed by atoms with Crippen LogP contribution in [0.25, 0.3) is 11.3 Å². The summed E-state index contributed by atoms with van der Waals surface area (Å²) in [6.45, 7) is 3.41. The van der Waals surface area contributed by atoms with Gasteiger partial charge in [0.15, 0.2) is 5.78 Å². The molecule has 11 heteroatoms. The van der Waals surface area contributed by atoms with Crippen LogP contribution in [0.1, 0.15) is 35.7 Å². The number of amides is 2. The van der Waals surface area contributed by atoms with Gasteiger partial charge in [0.05, 0.1) is 23.8 Å². The van der Waals surface area contributed by atoms with Gasteiger partial charge in [0, 0.05) is 53.2 Å². The van der Waals surface area contributed by atoms with Gasteiger partial charge < -0.3 is 20.7 Å². The first-order chi connectivity index (χ1) is 21.1. The molecule has 222 valence electrons. The summed E-state index contributed by atoms with van der Waals surface area (Å²) >= 11 is 0. The van der Waals surface area contributed by atoms with E-state index in [0.29, 0.717) is 28.5 Å². The molecule has 0 saturated carbocycles. The number of carbonyl (C=O) groups excluding carboxylic acids is 4. The van der Waals surface area contributed by atoms with Crippen LogP contribution in [-0.2, 0) is 19.1 Å². The van der Waals surface area contributed by atoms with Crippen LogP contribution in [0.2, 0.25) is 0 Å². The standard InChI is InChI=1S/C33H30N6O5/c1-20-6-7-24(37-30(42)26-18-33(2,31(43)44-3)14-12-28(26)40)17-25(20)29(41)36-22-8-10-23(11-9-22)38-32-35-16-13-27(39-32)21-5-4-15-34-19-21/h4-11,13,15-19H,12,14H2,1-3H3,(H,36,41)(H,37,42)(H,35,38,39)/t33-/m1/s1. The molecule has 0 unspecified atom stereocenters. The monoisotopic (exact) mass is 590 g/mol. The Kier molecular flexibility index (Phi) is 8.56. The van der Waals surface area contributed by atoms with Crippen LogP contribution in [0, 0.1) is 12.3 Å². The van der Waals surface area contributed by atoms with Gasteiger partial charge in [0.25, 0.3) is 11.8 Å². The van der Waals surface area contributed by atoms with Crippen LogP contribution < -0.4 is 16.0 Å². The van der Waals surface area contributed by atoms with Crippen molar-refractivity contribution in [1.29, 1.82) is 0 Å². The van der Waals surface area contributed by atoms with E-state index in [-0.39, 0.29) is 30.1 Å². The SMILES string of the molecule is COC(=O)[C@@]1(C)C=C(C(=O)Nc2ccc(C)c(C(=O)Nc3ccc(Nc4nccc(-c5cccnc5)n4)cc3)c2)C(=O)CC1. The number of ketones is 1. The Morgan fingerprint density at radius 3 is 2.36 bits per heavy atom. The summed E-state index contributed by atoms with van der Waals surface area (Å²) in [6.07, 6.45) is 6.76. The molecular formula is C33H30N6O5. The minimum Gasteiger partial charge on any atom is -0.468 e. The van der Waals surface area contributed by atoms with Gasteiger partial charge in [-0.1, -0.05) is 12.1 Å². The lowest BCUT2D eigenvalue weighted by atomic mass is 9.77. The van der Waals surface area contributed by atoms with E-state index in [1.165, 1.54) is 13.2 Å². The molecule has 0 bridgehead atoms. The molecule has 2 aromatic heterocycles. The molecule has 3 N–H and O–H groups in total. The van der Waals surface area contributed by atoms with E-state index >= 15 is 0 Å². The van der Waals surface area contributed by atoms with Crippen LogP contribution in [0.5, 0.6) is 0 Å². The molecule has 4 aromatic rings. The summed E-state index contributed by atoms with van der Waals surface area (Å²) in [5.41, 5.74) is 3.06. The highest BCUT2D eigenvalue weighted by atomic mass is 16.5. The van der Waals surface area contributed by atoms with Gasteiger partial charge in [-0.05, 0) is 80.4 Å². The van der Waals surface area contributed by atoms with E-state index < -0.39 is 17.3 Å². The third kappa shape index (κ3) is 6.67. The summed E-state index contributed by atoms with van der Waals surface area (Å²) in [7, 11) is 1.27. The second kappa shape index (κ2) is 12.7. The van der Waals surface area contributed by atoms with E-state index in [2.05, 4.69) is 30.9 Å². The molecule has 0 saturated heterocycles. The Morgan fingerprint density at radius 1 is 0.909 bits per heavy atom. The highest BCUT2D eigenvalue weighted by Gasteiger charge is 2.39. The molecule has 11 nitrogen and oxygen atoms in total. The molecule has 2 heterocycles. The number of anilines is 4. The summed E-state index contributed by atoms with van der Waals surface area (Å²) in [4.78, 5) is 63.9. The molecule has 2 aromatic carbocycles. The highest BCUT2D eigenvalue weighted by Crippen LogP contribution is 2.34. The van der Waals surface area contributed by atoms with Gasteiger partial charge >= 0.3 is 5.97 Å². The Bertz CT molecular complexity index is 1770. The van der Waals surface area contributed by atoms with Crippen molar-refractivity contribution in [1.82, 2.24) is 15.0 Å². The topological polar surface area (TPSA) is 152 Å². The van der Waals surface area contributed by atoms with Gasteiger partial charge in [0.2, 0.25) is 5.95 Å². The second-order valence-electron chi connectivity index (χ2n) is 10.5. The number of aryl methyl sites for hydroxylation is 1. The lowest BCUT2D eigenvalue weighted by molar-refractivity contribution is -0.149. The van der Waals surface area contributed by atoms with Crippen molar-refractivity contribution in [3.8, 4) is 11.3 Å². The molecule has 0 aliphatic heterocycles. The number of aromatic nitrogens is 3. The molecule has 0 spiro atoms. The summed E-state index contributed by atoms with van der Waals surface area (Å²) < 4.78 is 4.85. The van der Waals surface area contributed by atoms with Gasteiger partial charge in [-0.25, -0.2) is 9.97 Å². The van der Waals surface area contributed by atoms with E-state index in [9.17, 15) is 19.2 Å². The lowest BCUT2D eigenvalue weighted by Crippen LogP contribution is -2.35. The molecule has 0 fully saturated rings. The third-order valence-corrected chi connectivity index (χ3v) is 7.28. The number of carbonyl (C=O) groups is 4. The fourth-order valence-corrected chi connectivity index (χ4v) is 4.77. The van der Waals surface area contributed by atoms with Crippen LogP contribution in [0.15, 0.2) is 90.9 Å². The number of esters is 1. The zero-order chi connectivity index (χ0) is 31.3. The van der Waals surface area contributed by atoms with Crippen molar-refractivity contribution in [2.24, 2.45) is 5.41 Å². The number of nitrogens with one attached hydrogen (secondary N) is 3. The van der Waals surface area contributed by atoms with Gasteiger partial charge in [0.1, 0.15) is 0 Å². The fraction of sp³-hybridized carbons (Fsp3) is 0.182. The number of pyridine rings is 1. The molecular weight excluding hydrogens is 560 g/mol. The number of nitrogens with zero attached hydrogens (tertiary/aromatic N) is 3. The van der Waals surface area contributed by atoms with E-state index in [0.717, 1.165) is 16.9 Å². The molecule has 5 rings (SSSR count). The predicted octanol–water partition coefficient (Wildman–Crippen LogP) is 5.25. The first-order valence-corrected chi connectivity index (χ1v) is 13.8. The average Bonchev–Trinajstić information content (AvgIpc) is 3.04. The lowest BCUT2D eigenvalue weighted by Gasteiger charge is -2.27. The quantitative estimate of drug-likeness (QED) is 0.184. The third-order valence-electron chi connectivity index (χ3n) is 7.28. The minimum atomic E-state index is -1.07. The Morgan fingerprint density at radius 2 is 1.64 bits per heavy atom. The summed E-state index contributed by atoms with van der Waals surface area (Å²) in [5, 5.41) is 8.71. The number of methoxy groups -OCH3 is 1. The van der Waals surface area contributed by atoms with E-state index in [1.807, 2.05) is 12.1 Å². The number of hydrogen-bond acceptors (Lipinski definition) is 9. The maximum absolute atomic E-state index is 13.2. The molecule has 44 heavy (non-hydrogen) atoms. The smallest absolute Gasteiger partial charge is 0.315 e. The van der Waals surface area contributed by atoms with Crippen LogP contribution in [-0.4, -0.2) is 45.6 Å². The molecule has 0 radical (unpaired) electrons. The van der Waals surface area contributed by atoms with Crippen LogP contribution >= 0.6 is 0 Å². The summed E-state index contributed by atoms with van der Waals surface area (Å²) in [5.74, 6) is -1.49. The predicted molar refractivity (Wildman–Crippen MR) is 165 cm³/mol.